The van der Waals surface area contributed by atoms with Crippen molar-refractivity contribution in [1.29, 1.82) is 0 Å². The Hall–Kier alpha value is -1.36. The van der Waals surface area contributed by atoms with Crippen LogP contribution in [0, 0.1) is 12.3 Å². The molecule has 0 unspecified atom stereocenters. The number of rotatable bonds is 4. The van der Waals surface area contributed by atoms with E-state index in [1.54, 1.807) is 0 Å². The molecule has 0 bridgehead atoms. The summed E-state index contributed by atoms with van der Waals surface area (Å²) in [5.74, 6) is -0.421. The molecule has 0 aliphatic carbocycles. The second-order valence-electron chi connectivity index (χ2n) is 8.00. The molecular formula is C18H23F3N2O4S. The summed E-state index contributed by atoms with van der Waals surface area (Å²) in [6.07, 6.45) is -2.77. The molecular weight excluding hydrogens is 397 g/mol. The largest absolute Gasteiger partial charge is 0.573 e. The van der Waals surface area contributed by atoms with Gasteiger partial charge in [0.05, 0.1) is 4.90 Å². The van der Waals surface area contributed by atoms with Gasteiger partial charge in [0, 0.05) is 50.8 Å². The zero-order chi connectivity index (χ0) is 20.2. The highest BCUT2D eigenvalue weighted by atomic mass is 32.2. The summed E-state index contributed by atoms with van der Waals surface area (Å²) < 4.78 is 73.4. The number of sulfonamides is 1. The van der Waals surface area contributed by atoms with Gasteiger partial charge in [0.15, 0.2) is 0 Å². The van der Waals surface area contributed by atoms with Crippen LogP contribution in [0.5, 0.6) is 5.75 Å². The van der Waals surface area contributed by atoms with Crippen LogP contribution in [0.2, 0.25) is 0 Å². The van der Waals surface area contributed by atoms with E-state index in [-0.39, 0.29) is 15.9 Å². The van der Waals surface area contributed by atoms with E-state index < -0.39 is 22.1 Å². The van der Waals surface area contributed by atoms with Crippen molar-refractivity contribution in [1.82, 2.24) is 9.21 Å². The summed E-state index contributed by atoms with van der Waals surface area (Å²) in [6, 6.07) is 3.85. The Balaban J connectivity index is 1.38. The smallest absolute Gasteiger partial charge is 0.406 e. The Morgan fingerprint density at radius 2 is 1.79 bits per heavy atom. The van der Waals surface area contributed by atoms with Crippen molar-refractivity contribution < 1.29 is 31.1 Å². The van der Waals surface area contributed by atoms with E-state index in [4.69, 9.17) is 4.74 Å². The van der Waals surface area contributed by atoms with Gasteiger partial charge in [-0.3, -0.25) is 4.90 Å². The van der Waals surface area contributed by atoms with Crippen molar-refractivity contribution in [3.63, 3.8) is 0 Å². The Labute approximate surface area is 162 Å². The molecule has 10 heteroatoms. The molecule has 0 saturated carbocycles. The first kappa shape index (κ1) is 19.9. The van der Waals surface area contributed by atoms with E-state index >= 15 is 0 Å². The lowest BCUT2D eigenvalue weighted by Crippen LogP contribution is -2.74. The topological polar surface area (TPSA) is 59.1 Å². The van der Waals surface area contributed by atoms with E-state index in [0.29, 0.717) is 19.1 Å². The third-order valence-corrected chi connectivity index (χ3v) is 7.76. The van der Waals surface area contributed by atoms with Crippen molar-refractivity contribution in [2.45, 2.75) is 37.1 Å². The van der Waals surface area contributed by atoms with E-state index in [1.165, 1.54) is 17.3 Å². The van der Waals surface area contributed by atoms with Gasteiger partial charge in [-0.1, -0.05) is 0 Å². The molecule has 1 aromatic carbocycles. The summed E-state index contributed by atoms with van der Waals surface area (Å²) >= 11 is 0. The summed E-state index contributed by atoms with van der Waals surface area (Å²) in [6.45, 7) is 5.72. The maximum Gasteiger partial charge on any atom is 0.573 e. The van der Waals surface area contributed by atoms with Gasteiger partial charge in [-0.2, -0.15) is 4.31 Å². The van der Waals surface area contributed by atoms with Crippen molar-refractivity contribution in [3.8, 4) is 5.75 Å². The number of aryl methyl sites for hydroxylation is 1. The van der Waals surface area contributed by atoms with Crippen LogP contribution in [0.4, 0.5) is 13.2 Å². The summed E-state index contributed by atoms with van der Waals surface area (Å²) in [7, 11) is -3.72. The maximum absolute atomic E-state index is 12.9. The molecule has 28 heavy (non-hydrogen) atoms. The van der Waals surface area contributed by atoms with Crippen LogP contribution in [-0.2, 0) is 14.8 Å². The van der Waals surface area contributed by atoms with Crippen LogP contribution in [-0.4, -0.2) is 69.4 Å². The normalized spacial score (nSPS) is 24.0. The van der Waals surface area contributed by atoms with Crippen LogP contribution < -0.4 is 4.74 Å². The van der Waals surface area contributed by atoms with Crippen LogP contribution in [0.1, 0.15) is 18.4 Å². The van der Waals surface area contributed by atoms with Crippen LogP contribution >= 0.6 is 0 Å². The van der Waals surface area contributed by atoms with Crippen molar-refractivity contribution in [3.05, 3.63) is 23.8 Å². The quantitative estimate of drug-likeness (QED) is 0.749. The van der Waals surface area contributed by atoms with Gasteiger partial charge in [-0.25, -0.2) is 8.42 Å². The number of alkyl halides is 3. The highest BCUT2D eigenvalue weighted by molar-refractivity contribution is 7.89. The van der Waals surface area contributed by atoms with E-state index in [1.807, 2.05) is 0 Å². The molecule has 0 radical (unpaired) electrons. The number of benzene rings is 1. The standard InChI is InChI=1S/C18H23F3N2O4S/c1-13-8-15(27-18(19,20)21)2-3-16(13)28(24,25)23-11-17(12-23)9-22(10-17)14-4-6-26-7-5-14/h2-3,8,14H,4-7,9-12H2,1H3. The Morgan fingerprint density at radius 1 is 1.14 bits per heavy atom. The molecule has 4 rings (SSSR count). The minimum absolute atomic E-state index is 0.0125. The maximum atomic E-state index is 12.9. The van der Waals surface area contributed by atoms with Gasteiger partial charge in [0.1, 0.15) is 5.75 Å². The van der Waals surface area contributed by atoms with Gasteiger partial charge in [-0.05, 0) is 43.5 Å². The first-order valence-electron chi connectivity index (χ1n) is 9.26. The monoisotopic (exact) mass is 420 g/mol. The van der Waals surface area contributed by atoms with Crippen LogP contribution in [0.25, 0.3) is 0 Å². The highest BCUT2D eigenvalue weighted by Gasteiger charge is 2.56. The fourth-order valence-electron chi connectivity index (χ4n) is 4.44. The summed E-state index contributed by atoms with van der Waals surface area (Å²) in [5.41, 5.74) is 0.249. The molecule has 0 amide bonds. The van der Waals surface area contributed by atoms with E-state index in [9.17, 15) is 21.6 Å². The zero-order valence-electron chi connectivity index (χ0n) is 15.5. The molecule has 3 saturated heterocycles. The van der Waals surface area contributed by atoms with Gasteiger partial charge >= 0.3 is 6.36 Å². The SMILES string of the molecule is Cc1cc(OC(F)(F)F)ccc1S(=O)(=O)N1CC2(CN(C3CCOCC3)C2)C1. The van der Waals surface area contributed by atoms with Crippen molar-refractivity contribution in [2.75, 3.05) is 39.4 Å². The van der Waals surface area contributed by atoms with Crippen molar-refractivity contribution >= 4 is 10.0 Å². The molecule has 3 heterocycles. The molecule has 6 nitrogen and oxygen atoms in total. The molecule has 3 aliphatic rings. The lowest BCUT2D eigenvalue weighted by atomic mass is 9.73. The van der Waals surface area contributed by atoms with Crippen LogP contribution in [0.15, 0.2) is 23.1 Å². The van der Waals surface area contributed by atoms with E-state index in [2.05, 4.69) is 9.64 Å². The fourth-order valence-corrected chi connectivity index (χ4v) is 6.31. The molecule has 0 atom stereocenters. The Morgan fingerprint density at radius 3 is 2.36 bits per heavy atom. The molecule has 0 N–H and O–H groups in total. The number of likely N-dealkylation sites (tertiary alicyclic amines) is 1. The average molecular weight is 420 g/mol. The minimum atomic E-state index is -4.81. The van der Waals surface area contributed by atoms with E-state index in [0.717, 1.165) is 51.3 Å². The molecule has 0 aromatic heterocycles. The number of hydrogen-bond acceptors (Lipinski definition) is 5. The van der Waals surface area contributed by atoms with Gasteiger partial charge in [0.2, 0.25) is 10.0 Å². The van der Waals surface area contributed by atoms with Crippen LogP contribution in [0.3, 0.4) is 0 Å². The third-order valence-electron chi connectivity index (χ3n) is 5.81. The van der Waals surface area contributed by atoms with Gasteiger partial charge < -0.3 is 9.47 Å². The van der Waals surface area contributed by atoms with Gasteiger partial charge in [0.25, 0.3) is 0 Å². The first-order valence-corrected chi connectivity index (χ1v) is 10.7. The van der Waals surface area contributed by atoms with Crippen molar-refractivity contribution in [2.24, 2.45) is 5.41 Å². The number of nitrogens with zero attached hydrogens (tertiary/aromatic N) is 2. The van der Waals surface area contributed by atoms with Gasteiger partial charge in [-0.15, -0.1) is 13.2 Å². The fraction of sp³-hybridized carbons (Fsp3) is 0.667. The predicted molar refractivity (Wildman–Crippen MR) is 94.5 cm³/mol. The Bertz CT molecular complexity index is 839. The molecule has 1 spiro atoms. The number of ether oxygens (including phenoxy) is 2. The lowest BCUT2D eigenvalue weighted by Gasteiger charge is -2.61. The molecule has 3 aliphatic heterocycles. The second-order valence-corrected chi connectivity index (χ2v) is 9.90. The zero-order valence-corrected chi connectivity index (χ0v) is 16.4. The minimum Gasteiger partial charge on any atom is -0.406 e. The number of hydrogen-bond donors (Lipinski definition) is 0. The summed E-state index contributed by atoms with van der Waals surface area (Å²) in [4.78, 5) is 2.43. The molecule has 156 valence electrons. The average Bonchev–Trinajstić information content (AvgIpc) is 2.51. The second kappa shape index (κ2) is 6.86. The predicted octanol–water partition coefficient (Wildman–Crippen LogP) is 2.38. The first-order chi connectivity index (χ1) is 13.1. The highest BCUT2D eigenvalue weighted by Crippen LogP contribution is 2.44. The Kier molecular flexibility index (Phi) is 4.88. The lowest BCUT2D eigenvalue weighted by molar-refractivity contribution is -0.274. The molecule has 1 aromatic rings. The molecule has 3 fully saturated rings. The summed E-state index contributed by atoms with van der Waals surface area (Å²) in [5, 5.41) is 0. The number of halogens is 3. The third kappa shape index (κ3) is 3.74.